The molecule has 138 valence electrons. The van der Waals surface area contributed by atoms with Crippen molar-refractivity contribution in [3.05, 3.63) is 36.0 Å². The summed E-state index contributed by atoms with van der Waals surface area (Å²) in [6.45, 7) is 8.76. The lowest BCUT2D eigenvalue weighted by molar-refractivity contribution is -0.186. The van der Waals surface area contributed by atoms with Crippen LogP contribution in [0, 0.1) is 10.8 Å². The van der Waals surface area contributed by atoms with Crippen molar-refractivity contribution in [3.63, 3.8) is 0 Å². The van der Waals surface area contributed by atoms with Gasteiger partial charge in [0.1, 0.15) is 11.5 Å². The van der Waals surface area contributed by atoms with Crippen molar-refractivity contribution in [2.75, 3.05) is 0 Å². The first kappa shape index (κ1) is 18.4. The number of aromatic nitrogens is 1. The summed E-state index contributed by atoms with van der Waals surface area (Å²) in [6.07, 6.45) is 2.18. The highest BCUT2D eigenvalue weighted by atomic mass is 16.5. The van der Waals surface area contributed by atoms with Gasteiger partial charge in [-0.15, -0.1) is 0 Å². The molecule has 1 aromatic carbocycles. The van der Waals surface area contributed by atoms with E-state index in [0.29, 0.717) is 12.0 Å². The molecule has 5 nitrogen and oxygen atoms in total. The Bertz CT molecular complexity index is 904. The number of fused-ring (bicyclic) bond motifs is 1. The number of esters is 1. The maximum atomic E-state index is 13.0. The molecule has 5 heteroatoms. The Morgan fingerprint density at radius 3 is 2.46 bits per heavy atom. The number of carbonyl (C=O) groups excluding carboxylic acids is 3. The third kappa shape index (κ3) is 2.57. The van der Waals surface area contributed by atoms with Crippen LogP contribution in [0.3, 0.4) is 0 Å². The Morgan fingerprint density at radius 2 is 1.81 bits per heavy atom. The van der Waals surface area contributed by atoms with Gasteiger partial charge in [0.15, 0.2) is 5.78 Å². The highest BCUT2D eigenvalue weighted by Gasteiger charge is 2.56. The summed E-state index contributed by atoms with van der Waals surface area (Å²) in [5.41, 5.74) is -0.589. The number of nitrogens with zero attached hydrogens (tertiary/aromatic N) is 1. The lowest BCUT2D eigenvalue weighted by Gasteiger charge is -2.43. The highest BCUT2D eigenvalue weighted by molar-refractivity contribution is 6.08. The molecule has 1 atom stereocenters. The smallest absolute Gasteiger partial charge is 0.319 e. The number of Topliss-reactive ketones (excluding diaryl/α,β-unsaturated/α-hetero) is 1. The van der Waals surface area contributed by atoms with Gasteiger partial charge in [0.2, 0.25) is 5.91 Å². The second-order valence-electron chi connectivity index (χ2n) is 8.08. The van der Waals surface area contributed by atoms with Crippen LogP contribution in [-0.4, -0.2) is 22.2 Å². The second kappa shape index (κ2) is 6.08. The number of ketones is 1. The van der Waals surface area contributed by atoms with E-state index in [0.717, 1.165) is 17.3 Å². The molecule has 1 aromatic heterocycles. The molecule has 1 fully saturated rings. The summed E-state index contributed by atoms with van der Waals surface area (Å²) in [5.74, 6) is -0.687. The number of ether oxygens (including phenoxy) is 1. The minimum atomic E-state index is -1.17. The zero-order chi connectivity index (χ0) is 19.3. The monoisotopic (exact) mass is 355 g/mol. The minimum absolute atomic E-state index is 0.0125. The van der Waals surface area contributed by atoms with Gasteiger partial charge in [-0.2, -0.15) is 0 Å². The molecule has 0 amide bonds. The summed E-state index contributed by atoms with van der Waals surface area (Å²) < 4.78 is 7.36. The molecule has 1 aliphatic heterocycles. The molecule has 0 N–H and O–H groups in total. The molecule has 1 aliphatic rings. The SMILES string of the molecule is CCCC(=O)n1cc([C@@H]2OC(=O)C(C)(C)C(=O)C2(C)C)c2ccccc21. The number of benzene rings is 1. The van der Waals surface area contributed by atoms with Crippen LogP contribution in [0.5, 0.6) is 0 Å². The lowest BCUT2D eigenvalue weighted by atomic mass is 9.67. The molecule has 0 unspecified atom stereocenters. The number of hydrogen-bond donors (Lipinski definition) is 0. The molecule has 0 radical (unpaired) electrons. The van der Waals surface area contributed by atoms with Crippen LogP contribution in [0.25, 0.3) is 10.9 Å². The van der Waals surface area contributed by atoms with Gasteiger partial charge >= 0.3 is 5.97 Å². The quantitative estimate of drug-likeness (QED) is 0.608. The van der Waals surface area contributed by atoms with Gasteiger partial charge in [0, 0.05) is 23.6 Å². The first-order chi connectivity index (χ1) is 12.1. The molecular formula is C21H25NO4. The van der Waals surface area contributed by atoms with Crippen molar-refractivity contribution in [2.24, 2.45) is 10.8 Å². The third-order valence-electron chi connectivity index (χ3n) is 5.30. The standard InChI is InChI=1S/C21H25NO4/c1-6-9-16(23)22-12-14(13-10-7-8-11-15(13)22)17-20(2,3)18(24)21(4,5)19(25)26-17/h7-8,10-12,17H,6,9H2,1-5H3/t17-/m0/s1. The fourth-order valence-corrected chi connectivity index (χ4v) is 3.83. The predicted octanol–water partition coefficient (Wildman–Crippen LogP) is 4.30. The molecule has 0 saturated carbocycles. The minimum Gasteiger partial charge on any atom is -0.456 e. The fourth-order valence-electron chi connectivity index (χ4n) is 3.83. The Kier molecular flexibility index (Phi) is 4.29. The van der Waals surface area contributed by atoms with E-state index in [1.54, 1.807) is 38.5 Å². The summed E-state index contributed by atoms with van der Waals surface area (Å²) in [7, 11) is 0. The molecule has 2 aromatic rings. The summed E-state index contributed by atoms with van der Waals surface area (Å²) in [6, 6.07) is 7.52. The van der Waals surface area contributed by atoms with Crippen LogP contribution >= 0.6 is 0 Å². The van der Waals surface area contributed by atoms with Crippen LogP contribution in [0.4, 0.5) is 0 Å². The van der Waals surface area contributed by atoms with Gasteiger partial charge in [-0.25, -0.2) is 0 Å². The summed E-state index contributed by atoms with van der Waals surface area (Å²) in [5, 5.41) is 0.829. The molecule has 0 bridgehead atoms. The Hall–Kier alpha value is -2.43. The van der Waals surface area contributed by atoms with Gasteiger partial charge in [0.25, 0.3) is 0 Å². The first-order valence-corrected chi connectivity index (χ1v) is 9.01. The van der Waals surface area contributed by atoms with Crippen molar-refractivity contribution in [1.29, 1.82) is 0 Å². The van der Waals surface area contributed by atoms with Gasteiger partial charge in [-0.05, 0) is 40.2 Å². The van der Waals surface area contributed by atoms with E-state index in [9.17, 15) is 14.4 Å². The van der Waals surface area contributed by atoms with Crippen molar-refractivity contribution in [1.82, 2.24) is 4.57 Å². The van der Waals surface area contributed by atoms with E-state index in [2.05, 4.69) is 0 Å². The van der Waals surface area contributed by atoms with Crippen LogP contribution in [-0.2, 0) is 14.3 Å². The van der Waals surface area contributed by atoms with Crippen LogP contribution < -0.4 is 0 Å². The van der Waals surface area contributed by atoms with E-state index in [-0.39, 0.29) is 11.7 Å². The summed E-state index contributed by atoms with van der Waals surface area (Å²) >= 11 is 0. The topological polar surface area (TPSA) is 65.4 Å². The van der Waals surface area contributed by atoms with E-state index >= 15 is 0 Å². The van der Waals surface area contributed by atoms with E-state index in [1.165, 1.54) is 0 Å². The van der Waals surface area contributed by atoms with Gasteiger partial charge in [-0.1, -0.05) is 25.1 Å². The van der Waals surface area contributed by atoms with Crippen LogP contribution in [0.1, 0.15) is 63.9 Å². The Balaban J connectivity index is 2.18. The van der Waals surface area contributed by atoms with Crippen LogP contribution in [0.15, 0.2) is 30.5 Å². The van der Waals surface area contributed by atoms with Gasteiger partial charge in [0.05, 0.1) is 10.9 Å². The molecular weight excluding hydrogens is 330 g/mol. The Morgan fingerprint density at radius 1 is 1.15 bits per heavy atom. The lowest BCUT2D eigenvalue weighted by Crippen LogP contribution is -2.52. The number of para-hydroxylation sites is 1. The molecule has 1 saturated heterocycles. The van der Waals surface area contributed by atoms with E-state index < -0.39 is 22.9 Å². The molecule has 3 rings (SSSR count). The Labute approximate surface area is 153 Å². The zero-order valence-electron chi connectivity index (χ0n) is 16.0. The zero-order valence-corrected chi connectivity index (χ0v) is 16.0. The van der Waals surface area contributed by atoms with Crippen molar-refractivity contribution < 1.29 is 19.1 Å². The third-order valence-corrected chi connectivity index (χ3v) is 5.30. The number of cyclic esters (lactones) is 1. The average molecular weight is 355 g/mol. The molecule has 26 heavy (non-hydrogen) atoms. The van der Waals surface area contributed by atoms with E-state index in [4.69, 9.17) is 4.74 Å². The highest BCUT2D eigenvalue weighted by Crippen LogP contribution is 2.49. The number of hydrogen-bond acceptors (Lipinski definition) is 4. The molecule has 0 spiro atoms. The van der Waals surface area contributed by atoms with Crippen LogP contribution in [0.2, 0.25) is 0 Å². The maximum Gasteiger partial charge on any atom is 0.319 e. The molecule has 0 aliphatic carbocycles. The second-order valence-corrected chi connectivity index (χ2v) is 8.08. The largest absolute Gasteiger partial charge is 0.456 e. The first-order valence-electron chi connectivity index (χ1n) is 9.01. The fraction of sp³-hybridized carbons (Fsp3) is 0.476. The predicted molar refractivity (Wildman–Crippen MR) is 98.9 cm³/mol. The number of carbonyl (C=O) groups is 3. The van der Waals surface area contributed by atoms with Crippen molar-refractivity contribution in [2.45, 2.75) is 53.6 Å². The van der Waals surface area contributed by atoms with Crippen molar-refractivity contribution >= 4 is 28.6 Å². The van der Waals surface area contributed by atoms with E-state index in [1.807, 2.05) is 31.2 Å². The van der Waals surface area contributed by atoms with Gasteiger partial charge < -0.3 is 4.74 Å². The summed E-state index contributed by atoms with van der Waals surface area (Å²) in [4.78, 5) is 38.0. The maximum absolute atomic E-state index is 13.0. The normalized spacial score (nSPS) is 21.7. The number of rotatable bonds is 3. The average Bonchev–Trinajstić information content (AvgIpc) is 2.97. The van der Waals surface area contributed by atoms with Gasteiger partial charge in [-0.3, -0.25) is 19.0 Å². The van der Waals surface area contributed by atoms with Crippen molar-refractivity contribution in [3.8, 4) is 0 Å². The molecule has 2 heterocycles.